The van der Waals surface area contributed by atoms with Crippen molar-refractivity contribution < 1.29 is 13.2 Å². The van der Waals surface area contributed by atoms with Crippen LogP contribution in [0.3, 0.4) is 0 Å². The number of hydrogen-bond acceptors (Lipinski definition) is 3. The average Bonchev–Trinajstić information content (AvgIpc) is 3.03. The van der Waals surface area contributed by atoms with Crippen LogP contribution in [-0.2, 0) is 14.8 Å². The van der Waals surface area contributed by atoms with Crippen molar-refractivity contribution in [3.05, 3.63) is 65.2 Å². The molecule has 4 rings (SSSR count). The van der Waals surface area contributed by atoms with E-state index in [1.54, 1.807) is 16.4 Å². The minimum absolute atomic E-state index is 0.182. The van der Waals surface area contributed by atoms with Crippen LogP contribution in [0.25, 0.3) is 0 Å². The number of aryl methyl sites for hydroxylation is 2. The van der Waals surface area contributed by atoms with E-state index >= 15 is 0 Å². The highest BCUT2D eigenvalue weighted by Gasteiger charge is 2.49. The lowest BCUT2D eigenvalue weighted by atomic mass is 9.84. The van der Waals surface area contributed by atoms with Gasteiger partial charge in [-0.05, 0) is 44.4 Å². The van der Waals surface area contributed by atoms with Gasteiger partial charge in [0.25, 0.3) is 0 Å². The maximum Gasteiger partial charge on any atom is 0.245 e. The summed E-state index contributed by atoms with van der Waals surface area (Å²) in [4.78, 5) is 0.348. The largest absolute Gasteiger partial charge is 0.362 e. The molecule has 3 atom stereocenters. The monoisotopic (exact) mass is 371 g/mol. The van der Waals surface area contributed by atoms with Crippen LogP contribution in [0.4, 0.5) is 0 Å². The molecule has 2 heterocycles. The molecule has 2 aromatic rings. The average molecular weight is 372 g/mol. The third-order valence-electron chi connectivity index (χ3n) is 5.65. The molecular formula is C21H25NO3S. The quantitative estimate of drug-likeness (QED) is 0.823. The zero-order valence-electron chi connectivity index (χ0n) is 15.3. The van der Waals surface area contributed by atoms with Gasteiger partial charge in [0.2, 0.25) is 10.0 Å². The molecule has 2 fully saturated rings. The van der Waals surface area contributed by atoms with Crippen LogP contribution in [0.5, 0.6) is 0 Å². The summed E-state index contributed by atoms with van der Waals surface area (Å²) >= 11 is 0. The molecule has 0 radical (unpaired) electrons. The standard InChI is InChI=1S/C21H25NO3S/c1-15-5-9-17(10-6-15)20-14-22(21-19(20)4-3-13-25-21)26(23,24)18-11-7-16(2)8-12-18/h5-12,19-21H,3-4,13-14H2,1-2H3/t19-,20+,21-/m1/s1. The van der Waals surface area contributed by atoms with Crippen LogP contribution in [0, 0.1) is 19.8 Å². The molecule has 2 saturated heterocycles. The van der Waals surface area contributed by atoms with Crippen LogP contribution in [0.2, 0.25) is 0 Å². The van der Waals surface area contributed by atoms with E-state index in [4.69, 9.17) is 4.74 Å². The van der Waals surface area contributed by atoms with Gasteiger partial charge < -0.3 is 4.74 Å². The fraction of sp³-hybridized carbons (Fsp3) is 0.429. The normalized spacial score (nSPS) is 26.6. The predicted molar refractivity (Wildman–Crippen MR) is 101 cm³/mol. The molecule has 5 heteroatoms. The van der Waals surface area contributed by atoms with Gasteiger partial charge in [-0.3, -0.25) is 0 Å². The Bertz CT molecular complexity index is 874. The van der Waals surface area contributed by atoms with E-state index in [0.717, 1.165) is 18.4 Å². The van der Waals surface area contributed by atoms with Gasteiger partial charge in [-0.25, -0.2) is 8.42 Å². The van der Waals surface area contributed by atoms with Crippen molar-refractivity contribution in [2.45, 2.75) is 43.7 Å². The van der Waals surface area contributed by atoms with Crippen molar-refractivity contribution in [3.8, 4) is 0 Å². The van der Waals surface area contributed by atoms with Gasteiger partial charge in [0, 0.05) is 25.0 Å². The SMILES string of the molecule is Cc1ccc([C@@H]2CN(S(=O)(=O)c3ccc(C)cc3)[C@@H]3OCCC[C@@H]32)cc1. The molecule has 2 aliphatic rings. The Hall–Kier alpha value is -1.69. The first-order chi connectivity index (χ1) is 12.5. The van der Waals surface area contributed by atoms with E-state index in [9.17, 15) is 8.42 Å². The maximum absolute atomic E-state index is 13.3. The second-order valence-electron chi connectivity index (χ2n) is 7.47. The second-order valence-corrected chi connectivity index (χ2v) is 9.36. The first-order valence-corrected chi connectivity index (χ1v) is 10.7. The summed E-state index contributed by atoms with van der Waals surface area (Å²) in [6, 6.07) is 15.6. The summed E-state index contributed by atoms with van der Waals surface area (Å²) < 4.78 is 34.1. The Morgan fingerprint density at radius 3 is 2.23 bits per heavy atom. The van der Waals surface area contributed by atoms with Crippen LogP contribution in [0.1, 0.15) is 35.4 Å². The molecule has 0 spiro atoms. The number of nitrogens with zero attached hydrogens (tertiary/aromatic N) is 1. The van der Waals surface area contributed by atoms with E-state index in [0.29, 0.717) is 18.0 Å². The maximum atomic E-state index is 13.3. The Labute approximate surface area is 155 Å². The molecule has 2 aromatic carbocycles. The zero-order chi connectivity index (χ0) is 18.3. The summed E-state index contributed by atoms with van der Waals surface area (Å²) in [7, 11) is -3.57. The second kappa shape index (κ2) is 6.80. The Morgan fingerprint density at radius 1 is 0.962 bits per heavy atom. The summed E-state index contributed by atoms with van der Waals surface area (Å²) in [6.07, 6.45) is 1.63. The molecule has 0 unspecified atom stereocenters. The molecule has 0 aliphatic carbocycles. The molecule has 26 heavy (non-hydrogen) atoms. The van der Waals surface area contributed by atoms with Crippen LogP contribution < -0.4 is 0 Å². The van der Waals surface area contributed by atoms with E-state index in [1.165, 1.54) is 11.1 Å². The van der Waals surface area contributed by atoms with Crippen molar-refractivity contribution in [1.82, 2.24) is 4.31 Å². The molecule has 0 N–H and O–H groups in total. The number of sulfonamides is 1. The fourth-order valence-electron chi connectivity index (χ4n) is 4.17. The van der Waals surface area contributed by atoms with Crippen molar-refractivity contribution in [3.63, 3.8) is 0 Å². The Kier molecular flexibility index (Phi) is 4.63. The topological polar surface area (TPSA) is 46.6 Å². The highest BCUT2D eigenvalue weighted by molar-refractivity contribution is 7.89. The summed E-state index contributed by atoms with van der Waals surface area (Å²) in [5.74, 6) is 0.396. The highest BCUT2D eigenvalue weighted by atomic mass is 32.2. The van der Waals surface area contributed by atoms with Crippen molar-refractivity contribution in [2.75, 3.05) is 13.2 Å². The van der Waals surface area contributed by atoms with Crippen LogP contribution >= 0.6 is 0 Å². The Morgan fingerprint density at radius 2 is 1.58 bits per heavy atom. The molecule has 0 saturated carbocycles. The number of ether oxygens (including phenoxy) is 1. The van der Waals surface area contributed by atoms with Crippen LogP contribution in [0.15, 0.2) is 53.4 Å². The minimum atomic E-state index is -3.57. The van der Waals surface area contributed by atoms with E-state index in [2.05, 4.69) is 31.2 Å². The fourth-order valence-corrected chi connectivity index (χ4v) is 5.76. The smallest absolute Gasteiger partial charge is 0.245 e. The minimum Gasteiger partial charge on any atom is -0.362 e. The van der Waals surface area contributed by atoms with Gasteiger partial charge in [0.05, 0.1) is 4.90 Å². The molecular weight excluding hydrogens is 346 g/mol. The van der Waals surface area contributed by atoms with E-state index in [1.807, 2.05) is 19.1 Å². The first-order valence-electron chi connectivity index (χ1n) is 9.23. The van der Waals surface area contributed by atoms with Crippen molar-refractivity contribution in [1.29, 1.82) is 0 Å². The summed E-state index contributed by atoms with van der Waals surface area (Å²) in [6.45, 7) is 5.13. The van der Waals surface area contributed by atoms with Gasteiger partial charge >= 0.3 is 0 Å². The van der Waals surface area contributed by atoms with Gasteiger partial charge in [-0.2, -0.15) is 4.31 Å². The van der Waals surface area contributed by atoms with E-state index in [-0.39, 0.29) is 18.1 Å². The van der Waals surface area contributed by atoms with Crippen molar-refractivity contribution in [2.24, 2.45) is 5.92 Å². The number of fused-ring (bicyclic) bond motifs is 1. The summed E-state index contributed by atoms with van der Waals surface area (Å²) in [5, 5.41) is 0. The third-order valence-corrected chi connectivity index (χ3v) is 7.49. The van der Waals surface area contributed by atoms with Gasteiger partial charge in [-0.1, -0.05) is 47.5 Å². The lowest BCUT2D eigenvalue weighted by Gasteiger charge is -2.32. The molecule has 2 aliphatic heterocycles. The molecule has 0 amide bonds. The van der Waals surface area contributed by atoms with E-state index < -0.39 is 10.0 Å². The number of hydrogen-bond donors (Lipinski definition) is 0. The first kappa shape index (κ1) is 17.7. The van der Waals surface area contributed by atoms with Crippen molar-refractivity contribution >= 4 is 10.0 Å². The Balaban J connectivity index is 1.70. The van der Waals surface area contributed by atoms with Gasteiger partial charge in [0.15, 0.2) is 0 Å². The molecule has 0 bridgehead atoms. The predicted octanol–water partition coefficient (Wildman–Crippen LogP) is 3.84. The van der Waals surface area contributed by atoms with Crippen LogP contribution in [-0.4, -0.2) is 32.1 Å². The lowest BCUT2D eigenvalue weighted by Crippen LogP contribution is -2.41. The summed E-state index contributed by atoms with van der Waals surface area (Å²) in [5.41, 5.74) is 3.47. The molecule has 138 valence electrons. The molecule has 4 nitrogen and oxygen atoms in total. The highest BCUT2D eigenvalue weighted by Crippen LogP contribution is 2.44. The number of rotatable bonds is 3. The third kappa shape index (κ3) is 3.08. The zero-order valence-corrected chi connectivity index (χ0v) is 16.1. The van der Waals surface area contributed by atoms with Gasteiger partial charge in [-0.15, -0.1) is 0 Å². The van der Waals surface area contributed by atoms with Gasteiger partial charge in [0.1, 0.15) is 6.23 Å². The molecule has 0 aromatic heterocycles. The lowest BCUT2D eigenvalue weighted by molar-refractivity contribution is -0.0582. The number of benzene rings is 2.